The molecule has 0 spiro atoms. The van der Waals surface area contributed by atoms with E-state index in [-0.39, 0.29) is 17.1 Å². The van der Waals surface area contributed by atoms with Crippen LogP contribution in [0.15, 0.2) is 115 Å². The Kier molecular flexibility index (Phi) is 4.70. The number of benzene rings is 4. The number of ketones is 1. The molecule has 1 heterocycles. The Morgan fingerprint density at radius 1 is 0.618 bits per heavy atom. The second-order valence-electron chi connectivity index (χ2n) is 8.15. The third-order valence-electron chi connectivity index (χ3n) is 6.12. The van der Waals surface area contributed by atoms with Gasteiger partial charge in [0.25, 0.3) is 0 Å². The van der Waals surface area contributed by atoms with Crippen LogP contribution >= 0.6 is 0 Å². The molecule has 0 radical (unpaired) electrons. The van der Waals surface area contributed by atoms with Gasteiger partial charge in [-0.2, -0.15) is 0 Å². The van der Waals surface area contributed by atoms with Crippen molar-refractivity contribution in [3.05, 3.63) is 132 Å². The summed E-state index contributed by atoms with van der Waals surface area (Å²) in [5, 5.41) is 11.8. The zero-order valence-corrected chi connectivity index (χ0v) is 18.2. The van der Waals surface area contributed by atoms with E-state index in [1.807, 2.05) is 66.7 Å². The maximum atomic E-state index is 13.1. The molecule has 6 rings (SSSR count). The van der Waals surface area contributed by atoms with Gasteiger partial charge >= 0.3 is 0 Å². The first-order valence-corrected chi connectivity index (χ1v) is 11.1. The highest BCUT2D eigenvalue weighted by Gasteiger charge is 2.31. The van der Waals surface area contributed by atoms with Gasteiger partial charge in [0.05, 0.1) is 22.5 Å². The molecule has 0 unspecified atom stereocenters. The number of aliphatic hydroxyl groups excluding tert-OH is 1. The van der Waals surface area contributed by atoms with Gasteiger partial charge in [0.15, 0.2) is 5.78 Å². The van der Waals surface area contributed by atoms with E-state index in [2.05, 4.69) is 29.2 Å². The molecule has 0 saturated carbocycles. The highest BCUT2D eigenvalue weighted by Crippen LogP contribution is 2.40. The van der Waals surface area contributed by atoms with Crippen molar-refractivity contribution < 1.29 is 9.90 Å². The molecule has 4 aromatic carbocycles. The normalized spacial score (nSPS) is 12.8. The van der Waals surface area contributed by atoms with Crippen molar-refractivity contribution in [2.75, 3.05) is 4.90 Å². The average Bonchev–Trinajstić information content (AvgIpc) is 3.15. The first-order valence-electron chi connectivity index (χ1n) is 11.1. The SMILES string of the molecule is O=C1C(c2ccc3cccc(N(c4ccccc4)c4ccccc4)c3n2)=C(O)c2ccccc21. The third-order valence-corrected chi connectivity index (χ3v) is 6.12. The fourth-order valence-corrected chi connectivity index (χ4v) is 4.53. The van der Waals surface area contributed by atoms with Gasteiger partial charge < -0.3 is 10.0 Å². The summed E-state index contributed by atoms with van der Waals surface area (Å²) >= 11 is 0. The van der Waals surface area contributed by atoms with E-state index in [4.69, 9.17) is 4.98 Å². The van der Waals surface area contributed by atoms with Crippen LogP contribution in [0.2, 0.25) is 0 Å². The average molecular weight is 441 g/mol. The summed E-state index contributed by atoms with van der Waals surface area (Å²) in [4.78, 5) is 20.2. The minimum atomic E-state index is -0.208. The molecular weight excluding hydrogens is 420 g/mol. The van der Waals surface area contributed by atoms with Crippen molar-refractivity contribution in [1.29, 1.82) is 0 Å². The Morgan fingerprint density at radius 3 is 1.88 bits per heavy atom. The molecule has 1 aliphatic carbocycles. The number of hydrogen-bond donors (Lipinski definition) is 1. The predicted molar refractivity (Wildman–Crippen MR) is 137 cm³/mol. The van der Waals surface area contributed by atoms with E-state index in [9.17, 15) is 9.90 Å². The Labute approximate surface area is 197 Å². The number of aromatic nitrogens is 1. The molecule has 0 fully saturated rings. The fraction of sp³-hybridized carbons (Fsp3) is 0. The Hall–Kier alpha value is -4.70. The van der Waals surface area contributed by atoms with Crippen molar-refractivity contribution >= 4 is 45.1 Å². The van der Waals surface area contributed by atoms with Gasteiger partial charge in [-0.3, -0.25) is 4.79 Å². The van der Waals surface area contributed by atoms with Crippen LogP contribution in [-0.4, -0.2) is 15.9 Å². The van der Waals surface area contributed by atoms with Crippen molar-refractivity contribution in [2.24, 2.45) is 0 Å². The number of hydrogen-bond acceptors (Lipinski definition) is 4. The molecule has 5 aromatic rings. The highest BCUT2D eigenvalue weighted by atomic mass is 16.3. The minimum Gasteiger partial charge on any atom is -0.506 e. The van der Waals surface area contributed by atoms with Gasteiger partial charge in [0, 0.05) is 27.9 Å². The molecule has 0 bridgehead atoms. The molecule has 0 atom stereocenters. The molecule has 1 aliphatic rings. The lowest BCUT2D eigenvalue weighted by atomic mass is 10.0. The van der Waals surface area contributed by atoms with Crippen molar-refractivity contribution in [2.45, 2.75) is 0 Å². The number of nitrogens with zero attached hydrogens (tertiary/aromatic N) is 2. The molecule has 1 N–H and O–H groups in total. The topological polar surface area (TPSA) is 53.4 Å². The van der Waals surface area contributed by atoms with Crippen LogP contribution in [0.5, 0.6) is 0 Å². The first-order chi connectivity index (χ1) is 16.7. The minimum absolute atomic E-state index is 0.0205. The van der Waals surface area contributed by atoms with E-state index in [0.29, 0.717) is 16.8 Å². The molecular formula is C30H20N2O2. The van der Waals surface area contributed by atoms with Crippen LogP contribution in [-0.2, 0) is 0 Å². The van der Waals surface area contributed by atoms with E-state index >= 15 is 0 Å². The summed E-state index contributed by atoms with van der Waals surface area (Å²) in [7, 11) is 0. The van der Waals surface area contributed by atoms with Crippen LogP contribution < -0.4 is 4.90 Å². The van der Waals surface area contributed by atoms with E-state index in [1.54, 1.807) is 24.3 Å². The largest absolute Gasteiger partial charge is 0.506 e. The summed E-state index contributed by atoms with van der Waals surface area (Å²) in [5.41, 5.74) is 5.38. The molecule has 162 valence electrons. The van der Waals surface area contributed by atoms with Gasteiger partial charge in [0.1, 0.15) is 5.76 Å². The number of allylic oxidation sites excluding steroid dienone is 1. The van der Waals surface area contributed by atoms with Gasteiger partial charge in [-0.15, -0.1) is 0 Å². The number of para-hydroxylation sites is 3. The number of pyridine rings is 1. The lowest BCUT2D eigenvalue weighted by Gasteiger charge is -2.26. The number of rotatable bonds is 4. The van der Waals surface area contributed by atoms with Crippen LogP contribution in [0.25, 0.3) is 22.2 Å². The van der Waals surface area contributed by atoms with Crippen LogP contribution in [0, 0.1) is 0 Å². The molecule has 0 saturated heterocycles. The predicted octanol–water partition coefficient (Wildman–Crippen LogP) is 7.33. The van der Waals surface area contributed by atoms with Crippen LogP contribution in [0.1, 0.15) is 21.6 Å². The summed E-state index contributed by atoms with van der Waals surface area (Å²) in [5.74, 6) is -0.228. The molecule has 1 aromatic heterocycles. The zero-order valence-electron chi connectivity index (χ0n) is 18.2. The second-order valence-corrected chi connectivity index (χ2v) is 8.15. The smallest absolute Gasteiger partial charge is 0.199 e. The van der Waals surface area contributed by atoms with Gasteiger partial charge in [-0.1, -0.05) is 78.9 Å². The van der Waals surface area contributed by atoms with Crippen LogP contribution in [0.4, 0.5) is 17.1 Å². The van der Waals surface area contributed by atoms with Crippen molar-refractivity contribution in [3.63, 3.8) is 0 Å². The van der Waals surface area contributed by atoms with Gasteiger partial charge in [-0.05, 0) is 36.4 Å². The first kappa shape index (κ1) is 19.9. The van der Waals surface area contributed by atoms with E-state index < -0.39 is 0 Å². The number of aliphatic hydroxyl groups is 1. The number of carbonyl (C=O) groups is 1. The summed E-state index contributed by atoms with van der Waals surface area (Å²) in [6, 6.07) is 37.1. The van der Waals surface area contributed by atoms with Gasteiger partial charge in [-0.25, -0.2) is 4.98 Å². The van der Waals surface area contributed by atoms with E-state index in [1.165, 1.54) is 0 Å². The van der Waals surface area contributed by atoms with Crippen LogP contribution in [0.3, 0.4) is 0 Å². The highest BCUT2D eigenvalue weighted by molar-refractivity contribution is 6.38. The van der Waals surface area contributed by atoms with Crippen molar-refractivity contribution in [3.8, 4) is 0 Å². The lowest BCUT2D eigenvalue weighted by molar-refractivity contribution is 0.105. The van der Waals surface area contributed by atoms with Crippen molar-refractivity contribution in [1.82, 2.24) is 4.98 Å². The Morgan fingerprint density at radius 2 is 1.24 bits per heavy atom. The van der Waals surface area contributed by atoms with Gasteiger partial charge in [0.2, 0.25) is 0 Å². The molecule has 0 amide bonds. The maximum absolute atomic E-state index is 13.1. The number of Topliss-reactive ketones (excluding diaryl/α,β-unsaturated/α-hetero) is 1. The summed E-state index contributed by atoms with van der Waals surface area (Å²) in [6.07, 6.45) is 0. The maximum Gasteiger partial charge on any atom is 0.199 e. The molecule has 4 heteroatoms. The summed E-state index contributed by atoms with van der Waals surface area (Å²) < 4.78 is 0. The fourth-order valence-electron chi connectivity index (χ4n) is 4.53. The second kappa shape index (κ2) is 8.01. The third kappa shape index (κ3) is 3.16. The summed E-state index contributed by atoms with van der Waals surface area (Å²) in [6.45, 7) is 0. The zero-order chi connectivity index (χ0) is 23.1. The quantitative estimate of drug-likeness (QED) is 0.318. The monoisotopic (exact) mass is 440 g/mol. The molecule has 4 nitrogen and oxygen atoms in total. The lowest BCUT2D eigenvalue weighted by Crippen LogP contribution is -2.11. The number of anilines is 3. The molecule has 34 heavy (non-hydrogen) atoms. The number of carbonyl (C=O) groups excluding carboxylic acids is 1. The standard InChI is InChI=1S/C30H20N2O2/c33-29-23-15-7-8-16-24(23)30(34)27(29)25-19-18-20-10-9-17-26(28(20)31-25)32(21-11-3-1-4-12-21)22-13-5-2-6-14-22/h1-19,33H. The number of fused-ring (bicyclic) bond motifs is 2. The van der Waals surface area contributed by atoms with E-state index in [0.717, 1.165) is 28.0 Å². The Balaban J connectivity index is 1.57. The molecule has 0 aliphatic heterocycles. The Bertz CT molecular complexity index is 1530.